The van der Waals surface area contributed by atoms with Crippen molar-refractivity contribution in [1.29, 1.82) is 0 Å². The van der Waals surface area contributed by atoms with E-state index in [4.69, 9.17) is 16.7 Å². The highest BCUT2D eigenvalue weighted by atomic mass is 35.5. The molecule has 2 N–H and O–H groups in total. The summed E-state index contributed by atoms with van der Waals surface area (Å²) in [4.78, 5) is 8.68. The van der Waals surface area contributed by atoms with E-state index in [-0.39, 0.29) is 0 Å². The van der Waals surface area contributed by atoms with Gasteiger partial charge in [0, 0.05) is 46.0 Å². The molecule has 0 saturated heterocycles. The third-order valence-corrected chi connectivity index (χ3v) is 7.20. The van der Waals surface area contributed by atoms with Gasteiger partial charge in [-0.15, -0.1) is 0 Å². The Bertz CT molecular complexity index is 1210. The maximum atomic E-state index is 6.12. The molecule has 0 aliphatic heterocycles. The van der Waals surface area contributed by atoms with Crippen LogP contribution in [0.5, 0.6) is 0 Å². The van der Waals surface area contributed by atoms with Crippen molar-refractivity contribution < 1.29 is 0 Å². The lowest BCUT2D eigenvalue weighted by atomic mass is 9.81. The molecule has 5 rings (SSSR count). The van der Waals surface area contributed by atoms with Gasteiger partial charge in [-0.3, -0.25) is 5.10 Å². The van der Waals surface area contributed by atoms with Crippen LogP contribution < -0.4 is 5.32 Å². The number of aromatic amines is 1. The molecule has 2 aromatic carbocycles. The average Bonchev–Trinajstić information content (AvgIpc) is 3.31. The van der Waals surface area contributed by atoms with Gasteiger partial charge in [0.15, 0.2) is 0 Å². The van der Waals surface area contributed by atoms with E-state index in [0.717, 1.165) is 48.2 Å². The third-order valence-electron chi connectivity index (χ3n) is 6.95. The molecular formula is C28H30ClN5. The second-order valence-electron chi connectivity index (χ2n) is 9.31. The van der Waals surface area contributed by atoms with Crippen molar-refractivity contribution >= 4 is 11.6 Å². The standard InChI is InChI=1S/C28H30ClN5/c1-18-3-5-20(6-4-18)19(2)32-24-13-9-22(10-14-24)28-26(25-15-16-30-17-31-25)27(33-34-28)21-7-11-23(29)12-8-21/h3-8,11-12,15-17,19,22,24,32H,9-10,13-14H2,1-2H3,(H,33,34)/t19-,22?,24?/m0/s1. The number of H-pyrrole nitrogens is 1. The Balaban J connectivity index is 1.34. The topological polar surface area (TPSA) is 66.5 Å². The van der Waals surface area contributed by atoms with E-state index in [0.29, 0.717) is 23.0 Å². The fourth-order valence-corrected chi connectivity index (χ4v) is 5.15. The van der Waals surface area contributed by atoms with Crippen LogP contribution in [0.25, 0.3) is 22.5 Å². The van der Waals surface area contributed by atoms with Crippen LogP contribution in [0.15, 0.2) is 67.1 Å². The summed E-state index contributed by atoms with van der Waals surface area (Å²) in [7, 11) is 0. The number of rotatable bonds is 6. The number of nitrogens with zero attached hydrogens (tertiary/aromatic N) is 3. The van der Waals surface area contributed by atoms with Crippen molar-refractivity contribution in [3.63, 3.8) is 0 Å². The molecule has 0 unspecified atom stereocenters. The minimum absolute atomic E-state index is 0.349. The van der Waals surface area contributed by atoms with E-state index >= 15 is 0 Å². The van der Waals surface area contributed by atoms with Gasteiger partial charge >= 0.3 is 0 Å². The molecule has 2 heterocycles. The first kappa shape index (κ1) is 22.8. The first-order valence-corrected chi connectivity index (χ1v) is 12.4. The minimum Gasteiger partial charge on any atom is -0.307 e. The molecule has 6 heteroatoms. The molecule has 1 aliphatic carbocycles. The van der Waals surface area contributed by atoms with Gasteiger partial charge < -0.3 is 5.32 Å². The number of nitrogens with one attached hydrogen (secondary N) is 2. The molecule has 1 aliphatic rings. The Morgan fingerprint density at radius 1 is 0.971 bits per heavy atom. The lowest BCUT2D eigenvalue weighted by Crippen LogP contribution is -2.34. The maximum absolute atomic E-state index is 6.12. The van der Waals surface area contributed by atoms with Crippen LogP contribution in [0.1, 0.15) is 61.4 Å². The lowest BCUT2D eigenvalue weighted by molar-refractivity contribution is 0.319. The van der Waals surface area contributed by atoms with Gasteiger partial charge in [-0.05, 0) is 63.3 Å². The van der Waals surface area contributed by atoms with E-state index in [1.165, 1.54) is 16.8 Å². The monoisotopic (exact) mass is 471 g/mol. The zero-order valence-electron chi connectivity index (χ0n) is 19.6. The summed E-state index contributed by atoms with van der Waals surface area (Å²) < 4.78 is 0. The van der Waals surface area contributed by atoms with Crippen LogP contribution in [0, 0.1) is 6.92 Å². The van der Waals surface area contributed by atoms with Crippen LogP contribution >= 0.6 is 11.6 Å². The second kappa shape index (κ2) is 10.1. The second-order valence-corrected chi connectivity index (χ2v) is 9.75. The summed E-state index contributed by atoms with van der Waals surface area (Å²) in [6.45, 7) is 4.39. The molecule has 2 aromatic heterocycles. The van der Waals surface area contributed by atoms with Crippen molar-refractivity contribution in [1.82, 2.24) is 25.5 Å². The Labute approximate surface area is 206 Å². The van der Waals surface area contributed by atoms with E-state index in [1.807, 2.05) is 30.3 Å². The first-order chi connectivity index (χ1) is 16.6. The molecule has 4 aromatic rings. The van der Waals surface area contributed by atoms with Crippen molar-refractivity contribution in [2.45, 2.75) is 57.5 Å². The molecule has 1 saturated carbocycles. The van der Waals surface area contributed by atoms with Gasteiger partial charge in [-0.1, -0.05) is 53.6 Å². The Morgan fingerprint density at radius 3 is 2.38 bits per heavy atom. The molecule has 174 valence electrons. The summed E-state index contributed by atoms with van der Waals surface area (Å²) in [5, 5.41) is 12.7. The van der Waals surface area contributed by atoms with E-state index < -0.39 is 0 Å². The molecule has 0 spiro atoms. The summed E-state index contributed by atoms with van der Waals surface area (Å²) in [5.74, 6) is 0.422. The molecule has 5 nitrogen and oxygen atoms in total. The lowest BCUT2D eigenvalue weighted by Gasteiger charge is -2.31. The predicted molar refractivity (Wildman–Crippen MR) is 138 cm³/mol. The highest BCUT2D eigenvalue weighted by Crippen LogP contribution is 2.41. The number of hydrogen-bond donors (Lipinski definition) is 2. The summed E-state index contributed by atoms with van der Waals surface area (Å²) in [5.41, 5.74) is 7.74. The van der Waals surface area contributed by atoms with E-state index in [9.17, 15) is 0 Å². The number of aryl methyl sites for hydroxylation is 1. The van der Waals surface area contributed by atoms with Crippen LogP contribution in [0.3, 0.4) is 0 Å². The molecule has 1 fully saturated rings. The number of halogens is 1. The van der Waals surface area contributed by atoms with Gasteiger partial charge in [0.05, 0.1) is 5.69 Å². The first-order valence-electron chi connectivity index (χ1n) is 12.0. The smallest absolute Gasteiger partial charge is 0.116 e. The Kier molecular flexibility index (Phi) is 6.75. The van der Waals surface area contributed by atoms with Crippen LogP contribution in [-0.2, 0) is 0 Å². The highest BCUT2D eigenvalue weighted by molar-refractivity contribution is 6.30. The fraction of sp³-hybridized carbons (Fsp3) is 0.321. The van der Waals surface area contributed by atoms with Gasteiger partial charge in [0.1, 0.15) is 12.0 Å². The van der Waals surface area contributed by atoms with Gasteiger partial charge in [0.2, 0.25) is 0 Å². The van der Waals surface area contributed by atoms with Crippen molar-refractivity contribution in [2.24, 2.45) is 0 Å². The SMILES string of the molecule is Cc1ccc([C@H](C)NC2CCC(c3[nH]nc(-c4ccc(Cl)cc4)c3-c3ccncn3)CC2)cc1. The van der Waals surface area contributed by atoms with Crippen molar-refractivity contribution in [3.8, 4) is 22.5 Å². The summed E-state index contributed by atoms with van der Waals surface area (Å²) in [6.07, 6.45) is 7.89. The van der Waals surface area contributed by atoms with Crippen LogP contribution in [-0.4, -0.2) is 26.2 Å². The predicted octanol–water partition coefficient (Wildman–Crippen LogP) is 6.87. The van der Waals surface area contributed by atoms with Gasteiger partial charge in [-0.2, -0.15) is 5.10 Å². The van der Waals surface area contributed by atoms with E-state index in [2.05, 4.69) is 58.5 Å². The summed E-state index contributed by atoms with van der Waals surface area (Å²) >= 11 is 6.12. The summed E-state index contributed by atoms with van der Waals surface area (Å²) in [6, 6.07) is 19.5. The average molecular weight is 472 g/mol. The molecule has 0 amide bonds. The van der Waals surface area contributed by atoms with Gasteiger partial charge in [0.25, 0.3) is 0 Å². The van der Waals surface area contributed by atoms with Gasteiger partial charge in [-0.25, -0.2) is 9.97 Å². The third kappa shape index (κ3) is 4.91. The van der Waals surface area contributed by atoms with Crippen molar-refractivity contribution in [3.05, 3.63) is 89.0 Å². The van der Waals surface area contributed by atoms with Crippen molar-refractivity contribution in [2.75, 3.05) is 0 Å². The fourth-order valence-electron chi connectivity index (χ4n) is 5.02. The molecule has 34 heavy (non-hydrogen) atoms. The minimum atomic E-state index is 0.349. The van der Waals surface area contributed by atoms with Crippen LogP contribution in [0.4, 0.5) is 0 Å². The molecule has 0 radical (unpaired) electrons. The normalized spacial score (nSPS) is 19.1. The highest BCUT2D eigenvalue weighted by Gasteiger charge is 2.29. The Hall–Kier alpha value is -3.02. The Morgan fingerprint density at radius 2 is 1.71 bits per heavy atom. The molecular weight excluding hydrogens is 442 g/mol. The zero-order valence-corrected chi connectivity index (χ0v) is 20.4. The largest absolute Gasteiger partial charge is 0.307 e. The number of aromatic nitrogens is 4. The zero-order chi connectivity index (χ0) is 23.5. The number of benzene rings is 2. The maximum Gasteiger partial charge on any atom is 0.116 e. The molecule has 0 bridgehead atoms. The van der Waals surface area contributed by atoms with Crippen LogP contribution in [0.2, 0.25) is 5.02 Å². The quantitative estimate of drug-likeness (QED) is 0.322. The number of hydrogen-bond acceptors (Lipinski definition) is 4. The van der Waals surface area contributed by atoms with E-state index in [1.54, 1.807) is 12.5 Å². The molecule has 1 atom stereocenters.